The smallest absolute Gasteiger partial charge is 0.193 e. The molecule has 6 aromatic carbocycles. The number of hydrogen-bond donors (Lipinski definition) is 0. The zero-order valence-corrected chi connectivity index (χ0v) is 29.2. The third-order valence-electron chi connectivity index (χ3n) is 10.6. The Bertz CT molecular complexity index is 2500. The summed E-state index contributed by atoms with van der Waals surface area (Å²) in [6.07, 6.45) is 0. The minimum Gasteiger partial charge on any atom is -0.309 e. The van der Waals surface area contributed by atoms with Gasteiger partial charge in [0, 0.05) is 38.4 Å². The van der Waals surface area contributed by atoms with Gasteiger partial charge in [0.15, 0.2) is 11.6 Å². The predicted octanol–water partition coefficient (Wildman–Crippen LogP) is 11.1. The number of benzene rings is 6. The maximum absolute atomic E-state index is 13.8. The third-order valence-corrected chi connectivity index (χ3v) is 10.6. The van der Waals surface area contributed by atoms with E-state index in [1.165, 1.54) is 27.8 Å². The quantitative estimate of drug-likeness (QED) is 0.176. The molecular formula is C46H39NO2. The molecule has 3 heteroatoms. The van der Waals surface area contributed by atoms with Crippen LogP contribution in [-0.4, -0.2) is 16.1 Å². The molecule has 0 bridgehead atoms. The lowest BCUT2D eigenvalue weighted by atomic mass is 9.81. The van der Waals surface area contributed by atoms with Crippen LogP contribution in [0.1, 0.15) is 84.6 Å². The number of ketones is 2. The van der Waals surface area contributed by atoms with E-state index in [0.717, 1.165) is 49.7 Å². The molecule has 3 nitrogen and oxygen atoms in total. The van der Waals surface area contributed by atoms with Crippen molar-refractivity contribution in [3.63, 3.8) is 0 Å². The fraction of sp³-hybridized carbons (Fsp3) is 0.174. The molecule has 1 aromatic heterocycles. The van der Waals surface area contributed by atoms with Crippen molar-refractivity contribution in [2.75, 3.05) is 0 Å². The van der Waals surface area contributed by atoms with Gasteiger partial charge in [0.25, 0.3) is 0 Å². The first-order valence-electron chi connectivity index (χ1n) is 17.0. The van der Waals surface area contributed by atoms with Crippen LogP contribution in [0.2, 0.25) is 0 Å². The Morgan fingerprint density at radius 3 is 1.55 bits per heavy atom. The standard InChI is InChI=1S/C46H39NO2/c1-26-8-12-31(13-9-26)44(48)33-16-18-35-37-25-42-38(24-40(37)46(6,7)39(35)22-33)36-19-17-34(45(49)32-14-10-27(2)11-15-32)23-41(36)47(42)43-29(4)20-28(3)21-30(43)5/h8-25H,1-7H3. The molecule has 0 N–H and O–H groups in total. The van der Waals surface area contributed by atoms with Crippen molar-refractivity contribution in [2.45, 2.75) is 53.9 Å². The Kier molecular flexibility index (Phi) is 6.91. The van der Waals surface area contributed by atoms with Crippen molar-refractivity contribution in [3.05, 3.63) is 170 Å². The van der Waals surface area contributed by atoms with Gasteiger partial charge in [-0.15, -0.1) is 0 Å². The van der Waals surface area contributed by atoms with Crippen LogP contribution in [0, 0.1) is 34.6 Å². The van der Waals surface area contributed by atoms with E-state index in [1.807, 2.05) is 74.5 Å². The van der Waals surface area contributed by atoms with Crippen LogP contribution in [0.4, 0.5) is 0 Å². The fourth-order valence-corrected chi connectivity index (χ4v) is 8.04. The molecule has 0 saturated heterocycles. The summed E-state index contributed by atoms with van der Waals surface area (Å²) >= 11 is 0. The summed E-state index contributed by atoms with van der Waals surface area (Å²) in [7, 11) is 0. The summed E-state index contributed by atoms with van der Waals surface area (Å²) < 4.78 is 2.36. The molecule has 1 aliphatic carbocycles. The molecule has 1 aliphatic rings. The largest absolute Gasteiger partial charge is 0.309 e. The van der Waals surface area contributed by atoms with Crippen LogP contribution in [0.25, 0.3) is 38.6 Å². The lowest BCUT2D eigenvalue weighted by Crippen LogP contribution is -2.16. The predicted molar refractivity (Wildman–Crippen MR) is 202 cm³/mol. The van der Waals surface area contributed by atoms with E-state index in [-0.39, 0.29) is 17.0 Å². The summed E-state index contributed by atoms with van der Waals surface area (Å²) in [4.78, 5) is 27.4. The van der Waals surface area contributed by atoms with Crippen molar-refractivity contribution in [3.8, 4) is 16.8 Å². The highest BCUT2D eigenvalue weighted by Gasteiger charge is 2.37. The average Bonchev–Trinajstić information content (AvgIpc) is 3.50. The lowest BCUT2D eigenvalue weighted by molar-refractivity contribution is 0.103. The minimum absolute atomic E-state index is 0.0181. The molecule has 240 valence electrons. The molecule has 0 aliphatic heterocycles. The van der Waals surface area contributed by atoms with Crippen molar-refractivity contribution in [1.82, 2.24) is 4.57 Å². The first kappa shape index (κ1) is 30.8. The van der Waals surface area contributed by atoms with Crippen LogP contribution in [-0.2, 0) is 5.41 Å². The van der Waals surface area contributed by atoms with E-state index in [9.17, 15) is 9.59 Å². The van der Waals surface area contributed by atoms with E-state index in [1.54, 1.807) is 0 Å². The number of rotatable bonds is 5. The van der Waals surface area contributed by atoms with Gasteiger partial charge in [-0.2, -0.15) is 0 Å². The normalized spacial score (nSPS) is 13.1. The molecule has 7 aromatic rings. The van der Waals surface area contributed by atoms with Gasteiger partial charge in [-0.05, 0) is 92.3 Å². The molecule has 1 heterocycles. The molecule has 0 atom stereocenters. The van der Waals surface area contributed by atoms with Gasteiger partial charge in [-0.25, -0.2) is 0 Å². The highest BCUT2D eigenvalue weighted by atomic mass is 16.1. The number of carbonyl (C=O) groups excluding carboxylic acids is 2. The highest BCUT2D eigenvalue weighted by Crippen LogP contribution is 2.51. The summed E-state index contributed by atoms with van der Waals surface area (Å²) in [5, 5.41) is 2.26. The van der Waals surface area contributed by atoms with Crippen LogP contribution < -0.4 is 0 Å². The maximum Gasteiger partial charge on any atom is 0.193 e. The SMILES string of the molecule is Cc1ccc(C(=O)c2ccc3c(c2)C(C)(C)c2cc4c5ccc(C(=O)c6ccc(C)cc6)cc5n(-c5c(C)cc(C)cc5C)c4cc2-3)cc1. The molecule has 0 spiro atoms. The zero-order chi connectivity index (χ0) is 34.4. The second kappa shape index (κ2) is 11.0. The Balaban J connectivity index is 1.36. The van der Waals surface area contributed by atoms with Gasteiger partial charge in [-0.1, -0.05) is 115 Å². The first-order chi connectivity index (χ1) is 23.4. The molecule has 8 rings (SSSR count). The van der Waals surface area contributed by atoms with Crippen molar-refractivity contribution >= 4 is 33.4 Å². The Morgan fingerprint density at radius 1 is 0.469 bits per heavy atom. The number of carbonyl (C=O) groups is 2. The highest BCUT2D eigenvalue weighted by molar-refractivity contribution is 6.16. The van der Waals surface area contributed by atoms with E-state index < -0.39 is 0 Å². The molecule has 0 unspecified atom stereocenters. The van der Waals surface area contributed by atoms with Crippen LogP contribution >= 0.6 is 0 Å². The number of aryl methyl sites for hydroxylation is 5. The van der Waals surface area contributed by atoms with Crippen molar-refractivity contribution in [1.29, 1.82) is 0 Å². The van der Waals surface area contributed by atoms with Crippen molar-refractivity contribution < 1.29 is 9.59 Å². The number of hydrogen-bond acceptors (Lipinski definition) is 2. The van der Waals surface area contributed by atoms with E-state index in [2.05, 4.69) is 87.7 Å². The summed E-state index contributed by atoms with van der Waals surface area (Å²) in [5.41, 5.74) is 16.3. The number of nitrogens with zero attached hydrogens (tertiary/aromatic N) is 1. The summed E-state index contributed by atoms with van der Waals surface area (Å²) in [5.74, 6) is 0.0584. The molecular weight excluding hydrogens is 599 g/mol. The molecule has 0 amide bonds. The van der Waals surface area contributed by atoms with Crippen LogP contribution in [0.5, 0.6) is 0 Å². The van der Waals surface area contributed by atoms with Gasteiger partial charge in [0.1, 0.15) is 0 Å². The summed E-state index contributed by atoms with van der Waals surface area (Å²) in [6.45, 7) is 15.1. The number of aromatic nitrogens is 1. The van der Waals surface area contributed by atoms with Gasteiger partial charge < -0.3 is 4.57 Å². The third kappa shape index (κ3) is 4.79. The van der Waals surface area contributed by atoms with E-state index in [4.69, 9.17) is 0 Å². The van der Waals surface area contributed by atoms with Gasteiger partial charge in [-0.3, -0.25) is 9.59 Å². The first-order valence-corrected chi connectivity index (χ1v) is 17.0. The van der Waals surface area contributed by atoms with Crippen LogP contribution in [0.15, 0.2) is 109 Å². The van der Waals surface area contributed by atoms with E-state index >= 15 is 0 Å². The Hall–Kier alpha value is -5.54. The monoisotopic (exact) mass is 637 g/mol. The Morgan fingerprint density at radius 2 is 0.959 bits per heavy atom. The second-order valence-electron chi connectivity index (χ2n) is 14.5. The van der Waals surface area contributed by atoms with Crippen molar-refractivity contribution in [2.24, 2.45) is 0 Å². The topological polar surface area (TPSA) is 39.1 Å². The second-order valence-corrected chi connectivity index (χ2v) is 14.5. The fourth-order valence-electron chi connectivity index (χ4n) is 8.04. The zero-order valence-electron chi connectivity index (χ0n) is 29.2. The lowest BCUT2D eigenvalue weighted by Gasteiger charge is -2.22. The molecule has 0 saturated carbocycles. The van der Waals surface area contributed by atoms with E-state index in [0.29, 0.717) is 22.3 Å². The van der Waals surface area contributed by atoms with Gasteiger partial charge >= 0.3 is 0 Å². The number of fused-ring (bicyclic) bond motifs is 6. The molecule has 49 heavy (non-hydrogen) atoms. The average molecular weight is 638 g/mol. The minimum atomic E-state index is -0.312. The van der Waals surface area contributed by atoms with Gasteiger partial charge in [0.05, 0.1) is 16.7 Å². The molecule has 0 fully saturated rings. The maximum atomic E-state index is 13.8. The summed E-state index contributed by atoms with van der Waals surface area (Å²) in [6, 6.07) is 37.1. The molecule has 0 radical (unpaired) electrons. The van der Waals surface area contributed by atoms with Gasteiger partial charge in [0.2, 0.25) is 0 Å². The Labute approximate surface area is 287 Å². The van der Waals surface area contributed by atoms with Crippen LogP contribution in [0.3, 0.4) is 0 Å².